The van der Waals surface area contributed by atoms with E-state index in [4.69, 9.17) is 16.9 Å². The van der Waals surface area contributed by atoms with Crippen LogP contribution in [0.3, 0.4) is 0 Å². The first kappa shape index (κ1) is 29.9. The number of nitrogens with two attached hydrogens (primary N) is 1. The molecule has 9 heteroatoms. The van der Waals surface area contributed by atoms with E-state index in [1.54, 1.807) is 71.0 Å². The number of carbonyl (C=O) groups excluding carboxylic acids is 4. The van der Waals surface area contributed by atoms with Gasteiger partial charge in [0.15, 0.2) is 0 Å². The molecule has 0 heterocycles. The molecule has 2 atom stereocenters. The van der Waals surface area contributed by atoms with Gasteiger partial charge in [-0.05, 0) is 64.8 Å². The van der Waals surface area contributed by atoms with Crippen LogP contribution in [-0.2, 0) is 19.1 Å². The zero-order chi connectivity index (χ0) is 28.6. The average molecular weight is 521 g/mol. The standard InChI is InChI=1S/C29H36N4O5/c1-8-20-14-10-11-15-21(20)25(26(35)31-22-16-12-9-13-19(22)4)33(18(2)3)27(36)23(17-24(30)34)32-28(37)38-29(5,6)7/h1,9-16,18,23,25H,17H2,2-7H3,(H2,30,34)(H,31,35)(H,32,37). The normalized spacial score (nSPS) is 12.6. The topological polar surface area (TPSA) is 131 Å². The van der Waals surface area contributed by atoms with Gasteiger partial charge in [-0.25, -0.2) is 4.79 Å². The Morgan fingerprint density at radius 3 is 2.21 bits per heavy atom. The fraction of sp³-hybridized carbons (Fsp3) is 0.379. The van der Waals surface area contributed by atoms with E-state index in [1.807, 2.05) is 19.1 Å². The van der Waals surface area contributed by atoms with Gasteiger partial charge in [0.05, 0.1) is 6.42 Å². The number of aryl methyl sites for hydroxylation is 1. The van der Waals surface area contributed by atoms with Crippen molar-refractivity contribution in [3.63, 3.8) is 0 Å². The van der Waals surface area contributed by atoms with E-state index in [0.29, 0.717) is 16.8 Å². The summed E-state index contributed by atoms with van der Waals surface area (Å²) in [5, 5.41) is 5.34. The van der Waals surface area contributed by atoms with Gasteiger partial charge >= 0.3 is 6.09 Å². The van der Waals surface area contributed by atoms with Crippen molar-refractivity contribution in [1.82, 2.24) is 10.2 Å². The third kappa shape index (κ3) is 8.10. The summed E-state index contributed by atoms with van der Waals surface area (Å²) in [6, 6.07) is 10.9. The molecule has 0 aliphatic carbocycles. The molecule has 4 N–H and O–H groups in total. The van der Waals surface area contributed by atoms with Crippen molar-refractivity contribution < 1.29 is 23.9 Å². The number of terminal acetylenes is 1. The summed E-state index contributed by atoms with van der Waals surface area (Å²) in [5.41, 5.74) is 6.80. The SMILES string of the molecule is C#Cc1ccccc1C(C(=O)Nc1ccccc1C)N(C(=O)C(CC(N)=O)NC(=O)OC(C)(C)C)C(C)C. The van der Waals surface area contributed by atoms with Gasteiger partial charge in [0, 0.05) is 17.3 Å². The number of hydrogen-bond acceptors (Lipinski definition) is 5. The Labute approximate surface area is 224 Å². The van der Waals surface area contributed by atoms with Crippen LogP contribution in [0.5, 0.6) is 0 Å². The quantitative estimate of drug-likeness (QED) is 0.434. The second kappa shape index (κ2) is 12.8. The summed E-state index contributed by atoms with van der Waals surface area (Å²) in [4.78, 5) is 53.6. The smallest absolute Gasteiger partial charge is 0.408 e. The van der Waals surface area contributed by atoms with Crippen LogP contribution in [0.4, 0.5) is 10.5 Å². The van der Waals surface area contributed by atoms with Crippen LogP contribution >= 0.6 is 0 Å². The Morgan fingerprint density at radius 2 is 1.66 bits per heavy atom. The number of alkyl carbamates (subject to hydrolysis) is 1. The molecule has 0 radical (unpaired) electrons. The lowest BCUT2D eigenvalue weighted by molar-refractivity contribution is -0.143. The number of benzene rings is 2. The van der Waals surface area contributed by atoms with Gasteiger partial charge in [0.25, 0.3) is 5.91 Å². The highest BCUT2D eigenvalue weighted by atomic mass is 16.6. The Morgan fingerprint density at radius 1 is 1.05 bits per heavy atom. The predicted molar refractivity (Wildman–Crippen MR) is 146 cm³/mol. The molecular formula is C29H36N4O5. The van der Waals surface area contributed by atoms with Gasteiger partial charge in [-0.15, -0.1) is 6.42 Å². The molecule has 0 aliphatic heterocycles. The summed E-state index contributed by atoms with van der Waals surface area (Å²) in [6.07, 6.45) is 4.35. The Kier molecular flexibility index (Phi) is 10.1. The lowest BCUT2D eigenvalue weighted by Gasteiger charge is -2.37. The van der Waals surface area contributed by atoms with Crippen molar-refractivity contribution in [2.45, 2.75) is 71.7 Å². The van der Waals surface area contributed by atoms with Gasteiger partial charge in [-0.2, -0.15) is 0 Å². The number of anilines is 1. The number of para-hydroxylation sites is 1. The number of hydrogen-bond donors (Lipinski definition) is 3. The van der Waals surface area contributed by atoms with E-state index < -0.39 is 54.0 Å². The van der Waals surface area contributed by atoms with Crippen LogP contribution in [0.1, 0.15) is 63.8 Å². The molecule has 9 nitrogen and oxygen atoms in total. The van der Waals surface area contributed by atoms with Crippen LogP contribution < -0.4 is 16.4 Å². The summed E-state index contributed by atoms with van der Waals surface area (Å²) < 4.78 is 5.28. The van der Waals surface area contributed by atoms with E-state index in [-0.39, 0.29) is 0 Å². The molecule has 2 unspecified atom stereocenters. The summed E-state index contributed by atoms with van der Waals surface area (Å²) in [7, 11) is 0. The van der Waals surface area contributed by atoms with Gasteiger partial charge in [-0.3, -0.25) is 14.4 Å². The summed E-state index contributed by atoms with van der Waals surface area (Å²) in [5.74, 6) is 0.557. The van der Waals surface area contributed by atoms with E-state index in [0.717, 1.165) is 5.56 Å². The van der Waals surface area contributed by atoms with Crippen LogP contribution in [0, 0.1) is 19.3 Å². The first-order valence-corrected chi connectivity index (χ1v) is 12.3. The van der Waals surface area contributed by atoms with Crippen molar-refractivity contribution in [2.24, 2.45) is 5.73 Å². The third-order valence-electron chi connectivity index (χ3n) is 5.55. The fourth-order valence-electron chi connectivity index (χ4n) is 3.91. The van der Waals surface area contributed by atoms with E-state index >= 15 is 0 Å². The van der Waals surface area contributed by atoms with Crippen molar-refractivity contribution in [2.75, 3.05) is 5.32 Å². The molecule has 0 aliphatic rings. The fourth-order valence-corrected chi connectivity index (χ4v) is 3.91. The molecule has 2 aromatic carbocycles. The highest BCUT2D eigenvalue weighted by molar-refractivity contribution is 6.00. The third-order valence-corrected chi connectivity index (χ3v) is 5.55. The molecule has 2 aromatic rings. The lowest BCUT2D eigenvalue weighted by Crippen LogP contribution is -2.55. The van der Waals surface area contributed by atoms with Crippen LogP contribution in [-0.4, -0.2) is 46.4 Å². The van der Waals surface area contributed by atoms with E-state index in [2.05, 4.69) is 16.6 Å². The molecule has 202 valence electrons. The Hall–Kier alpha value is -4.32. The van der Waals surface area contributed by atoms with E-state index in [1.165, 1.54) is 4.90 Å². The Bertz CT molecular complexity index is 1230. The number of nitrogens with one attached hydrogen (secondary N) is 2. The zero-order valence-corrected chi connectivity index (χ0v) is 22.7. The van der Waals surface area contributed by atoms with Gasteiger partial charge in [0.2, 0.25) is 11.8 Å². The number of rotatable bonds is 9. The number of amides is 4. The molecular weight excluding hydrogens is 484 g/mol. The first-order valence-electron chi connectivity index (χ1n) is 12.3. The van der Waals surface area contributed by atoms with Crippen molar-refractivity contribution in [1.29, 1.82) is 0 Å². The minimum Gasteiger partial charge on any atom is -0.444 e. The van der Waals surface area contributed by atoms with Gasteiger partial charge in [-0.1, -0.05) is 42.3 Å². The van der Waals surface area contributed by atoms with Crippen molar-refractivity contribution in [3.05, 3.63) is 65.2 Å². The molecule has 0 fully saturated rings. The molecule has 0 aromatic heterocycles. The molecule has 4 amide bonds. The number of carbonyl (C=O) groups is 4. The van der Waals surface area contributed by atoms with Crippen molar-refractivity contribution in [3.8, 4) is 12.3 Å². The summed E-state index contributed by atoms with van der Waals surface area (Å²) >= 11 is 0. The molecule has 0 bridgehead atoms. The predicted octanol–water partition coefficient (Wildman–Crippen LogP) is 3.66. The van der Waals surface area contributed by atoms with Crippen LogP contribution in [0.15, 0.2) is 48.5 Å². The average Bonchev–Trinajstić information content (AvgIpc) is 2.81. The largest absolute Gasteiger partial charge is 0.444 e. The van der Waals surface area contributed by atoms with Crippen molar-refractivity contribution >= 4 is 29.5 Å². The lowest BCUT2D eigenvalue weighted by atomic mass is 9.96. The Balaban J connectivity index is 2.60. The van der Waals surface area contributed by atoms with Gasteiger partial charge in [0.1, 0.15) is 17.7 Å². The highest BCUT2D eigenvalue weighted by Gasteiger charge is 2.39. The number of nitrogens with zero attached hydrogens (tertiary/aromatic N) is 1. The zero-order valence-electron chi connectivity index (χ0n) is 22.7. The van der Waals surface area contributed by atoms with Crippen LogP contribution in [0.25, 0.3) is 0 Å². The second-order valence-electron chi connectivity index (χ2n) is 10.1. The highest BCUT2D eigenvalue weighted by Crippen LogP contribution is 2.29. The maximum absolute atomic E-state index is 14.0. The molecule has 38 heavy (non-hydrogen) atoms. The number of ether oxygens (including phenoxy) is 1. The summed E-state index contributed by atoms with van der Waals surface area (Å²) in [6.45, 7) is 10.3. The molecule has 0 saturated heterocycles. The second-order valence-corrected chi connectivity index (χ2v) is 10.1. The van der Waals surface area contributed by atoms with Crippen LogP contribution in [0.2, 0.25) is 0 Å². The molecule has 2 rings (SSSR count). The maximum Gasteiger partial charge on any atom is 0.408 e. The molecule has 0 spiro atoms. The maximum atomic E-state index is 14.0. The minimum atomic E-state index is -1.38. The molecule has 0 saturated carbocycles. The minimum absolute atomic E-state index is 0.415. The van der Waals surface area contributed by atoms with Gasteiger partial charge < -0.3 is 26.0 Å². The number of primary amides is 1. The monoisotopic (exact) mass is 520 g/mol. The van der Waals surface area contributed by atoms with E-state index in [9.17, 15) is 19.2 Å². The first-order chi connectivity index (χ1) is 17.7.